The van der Waals surface area contributed by atoms with Gasteiger partial charge in [0, 0.05) is 23.3 Å². The molecule has 1 aromatic heterocycles. The van der Waals surface area contributed by atoms with Gasteiger partial charge >= 0.3 is 0 Å². The molecule has 0 N–H and O–H groups in total. The van der Waals surface area contributed by atoms with Gasteiger partial charge in [-0.15, -0.1) is 0 Å². The number of aryl methyl sites for hydroxylation is 1. The van der Waals surface area contributed by atoms with Crippen molar-refractivity contribution in [1.29, 1.82) is 0 Å². The zero-order chi connectivity index (χ0) is 22.2. The van der Waals surface area contributed by atoms with Crippen LogP contribution in [0.1, 0.15) is 49.8 Å². The zero-order valence-corrected chi connectivity index (χ0v) is 19.3. The summed E-state index contributed by atoms with van der Waals surface area (Å²) < 4.78 is 23.0. The van der Waals surface area contributed by atoms with E-state index in [0.29, 0.717) is 36.9 Å². The van der Waals surface area contributed by atoms with Crippen molar-refractivity contribution in [3.8, 4) is 23.0 Å². The van der Waals surface area contributed by atoms with E-state index in [4.69, 9.17) is 18.9 Å². The van der Waals surface area contributed by atoms with E-state index in [-0.39, 0.29) is 0 Å². The third-order valence-electron chi connectivity index (χ3n) is 5.45. The average molecular weight is 424 g/mol. The van der Waals surface area contributed by atoms with Crippen LogP contribution in [-0.2, 0) is 6.42 Å². The molecule has 5 nitrogen and oxygen atoms in total. The number of fused-ring (bicyclic) bond motifs is 1. The van der Waals surface area contributed by atoms with Crippen molar-refractivity contribution in [2.24, 2.45) is 0 Å². The Morgan fingerprint density at radius 2 is 1.58 bits per heavy atom. The maximum absolute atomic E-state index is 6.00. The van der Waals surface area contributed by atoms with Crippen LogP contribution < -0.4 is 18.9 Å². The minimum absolute atomic E-state index is 0.645. The first kappa shape index (κ1) is 22.7. The van der Waals surface area contributed by atoms with E-state index in [9.17, 15) is 0 Å². The molecule has 0 aliphatic rings. The monoisotopic (exact) mass is 423 g/mol. The molecule has 0 bridgehead atoms. The highest BCUT2D eigenvalue weighted by Gasteiger charge is 2.16. The van der Waals surface area contributed by atoms with Gasteiger partial charge < -0.3 is 18.9 Å². The van der Waals surface area contributed by atoms with Gasteiger partial charge in [-0.25, -0.2) is 0 Å². The summed E-state index contributed by atoms with van der Waals surface area (Å²) in [5.41, 5.74) is 3.33. The van der Waals surface area contributed by atoms with E-state index < -0.39 is 0 Å². The zero-order valence-electron chi connectivity index (χ0n) is 19.3. The first-order chi connectivity index (χ1) is 15.1. The fraction of sp³-hybridized carbons (Fsp3) is 0.423. The van der Waals surface area contributed by atoms with Crippen LogP contribution >= 0.6 is 0 Å². The van der Waals surface area contributed by atoms with Crippen molar-refractivity contribution >= 4 is 10.8 Å². The van der Waals surface area contributed by atoms with Crippen LogP contribution in [-0.4, -0.2) is 32.4 Å². The minimum Gasteiger partial charge on any atom is -0.494 e. The molecule has 0 saturated heterocycles. The van der Waals surface area contributed by atoms with Gasteiger partial charge in [0.05, 0.1) is 27.4 Å². The SMILES string of the molecule is CCCCCOc1c(OC)cc(Cc2cncc3c(C)c(OCC)ccc23)cc1OC. The van der Waals surface area contributed by atoms with Crippen LogP contribution in [0.3, 0.4) is 0 Å². The maximum Gasteiger partial charge on any atom is 0.203 e. The largest absolute Gasteiger partial charge is 0.494 e. The third kappa shape index (κ3) is 5.22. The highest BCUT2D eigenvalue weighted by molar-refractivity contribution is 5.89. The first-order valence-electron chi connectivity index (χ1n) is 11.0. The number of benzene rings is 2. The quantitative estimate of drug-likeness (QED) is 0.348. The van der Waals surface area contributed by atoms with Gasteiger partial charge in [-0.1, -0.05) is 25.8 Å². The molecule has 3 rings (SSSR count). The normalized spacial score (nSPS) is 10.9. The number of nitrogens with zero attached hydrogens (tertiary/aromatic N) is 1. The van der Waals surface area contributed by atoms with Gasteiger partial charge in [0.1, 0.15) is 5.75 Å². The average Bonchev–Trinajstić information content (AvgIpc) is 2.79. The van der Waals surface area contributed by atoms with Crippen molar-refractivity contribution < 1.29 is 18.9 Å². The van der Waals surface area contributed by atoms with Crippen molar-refractivity contribution in [1.82, 2.24) is 4.98 Å². The Hall–Kier alpha value is -2.95. The number of aromatic nitrogens is 1. The lowest BCUT2D eigenvalue weighted by Crippen LogP contribution is -2.03. The Morgan fingerprint density at radius 3 is 2.23 bits per heavy atom. The highest BCUT2D eigenvalue weighted by atomic mass is 16.5. The summed E-state index contributed by atoms with van der Waals surface area (Å²) in [6.07, 6.45) is 7.85. The van der Waals surface area contributed by atoms with E-state index in [0.717, 1.165) is 47.1 Å². The molecule has 0 radical (unpaired) electrons. The summed E-state index contributed by atoms with van der Waals surface area (Å²) in [6, 6.07) is 8.21. The molecule has 0 fully saturated rings. The molecule has 31 heavy (non-hydrogen) atoms. The Morgan fingerprint density at radius 1 is 0.839 bits per heavy atom. The standard InChI is InChI=1S/C26H33NO4/c1-6-8-9-12-31-26-24(28-4)14-19(15-25(26)29-5)13-20-16-27-17-22-18(3)23(30-7-2)11-10-21(20)22/h10-11,14-17H,6-9,12-13H2,1-5H3. The number of hydrogen-bond donors (Lipinski definition) is 0. The second-order valence-corrected chi connectivity index (χ2v) is 7.58. The van der Waals surface area contributed by atoms with E-state index in [2.05, 4.69) is 24.9 Å². The van der Waals surface area contributed by atoms with E-state index in [1.54, 1.807) is 14.2 Å². The molecule has 0 unspecified atom stereocenters. The van der Waals surface area contributed by atoms with Crippen LogP contribution in [0.25, 0.3) is 10.8 Å². The molecule has 5 heteroatoms. The topological polar surface area (TPSA) is 49.8 Å². The Balaban J connectivity index is 1.93. The molecular weight excluding hydrogens is 390 g/mol. The van der Waals surface area contributed by atoms with Crippen molar-refractivity contribution in [3.05, 3.63) is 53.3 Å². The molecule has 166 valence electrons. The fourth-order valence-corrected chi connectivity index (χ4v) is 3.80. The second kappa shape index (κ2) is 10.9. The van der Waals surface area contributed by atoms with E-state index >= 15 is 0 Å². The fourth-order valence-electron chi connectivity index (χ4n) is 3.80. The van der Waals surface area contributed by atoms with E-state index in [1.165, 1.54) is 5.39 Å². The number of ether oxygens (including phenoxy) is 4. The lowest BCUT2D eigenvalue weighted by molar-refractivity contribution is 0.268. The number of unbranched alkanes of at least 4 members (excludes halogenated alkanes) is 2. The first-order valence-corrected chi connectivity index (χ1v) is 11.0. The van der Waals surface area contributed by atoms with Crippen molar-refractivity contribution in [2.45, 2.75) is 46.5 Å². The van der Waals surface area contributed by atoms with Gasteiger partial charge in [-0.05, 0) is 61.4 Å². The van der Waals surface area contributed by atoms with Crippen LogP contribution in [0.2, 0.25) is 0 Å². The molecule has 0 aliphatic carbocycles. The van der Waals surface area contributed by atoms with E-state index in [1.807, 2.05) is 37.5 Å². The number of pyridine rings is 1. The summed E-state index contributed by atoms with van der Waals surface area (Å²) in [7, 11) is 3.32. The summed E-state index contributed by atoms with van der Waals surface area (Å²) in [5, 5.41) is 2.28. The van der Waals surface area contributed by atoms with Crippen LogP contribution in [0, 0.1) is 6.92 Å². The third-order valence-corrected chi connectivity index (χ3v) is 5.45. The predicted molar refractivity (Wildman–Crippen MR) is 125 cm³/mol. The Labute approximate surface area is 185 Å². The minimum atomic E-state index is 0.645. The van der Waals surface area contributed by atoms with Gasteiger partial charge in [0.15, 0.2) is 11.5 Å². The van der Waals surface area contributed by atoms with Crippen molar-refractivity contribution in [3.63, 3.8) is 0 Å². The van der Waals surface area contributed by atoms with Gasteiger partial charge in [-0.3, -0.25) is 4.98 Å². The van der Waals surface area contributed by atoms with Gasteiger partial charge in [0.2, 0.25) is 5.75 Å². The van der Waals surface area contributed by atoms with Gasteiger partial charge in [-0.2, -0.15) is 0 Å². The molecule has 0 saturated carbocycles. The molecule has 0 amide bonds. The number of hydrogen-bond acceptors (Lipinski definition) is 5. The summed E-state index contributed by atoms with van der Waals surface area (Å²) in [4.78, 5) is 4.49. The molecular formula is C26H33NO4. The molecule has 3 aromatic rings. The smallest absolute Gasteiger partial charge is 0.203 e. The second-order valence-electron chi connectivity index (χ2n) is 7.58. The maximum atomic E-state index is 6.00. The summed E-state index contributed by atoms with van der Waals surface area (Å²) >= 11 is 0. The molecule has 0 spiro atoms. The molecule has 0 atom stereocenters. The summed E-state index contributed by atoms with van der Waals surface area (Å²) in [5.74, 6) is 2.95. The molecule has 0 aliphatic heterocycles. The lowest BCUT2D eigenvalue weighted by atomic mass is 9.98. The molecule has 1 heterocycles. The Bertz CT molecular complexity index is 991. The summed E-state index contributed by atoms with van der Waals surface area (Å²) in [6.45, 7) is 7.55. The highest BCUT2D eigenvalue weighted by Crippen LogP contribution is 2.40. The predicted octanol–water partition coefficient (Wildman–Crippen LogP) is 6.12. The van der Waals surface area contributed by atoms with Crippen LogP contribution in [0.15, 0.2) is 36.7 Å². The molecule has 2 aromatic carbocycles. The Kier molecular flexibility index (Phi) is 7.99. The number of methoxy groups -OCH3 is 2. The van der Waals surface area contributed by atoms with Crippen LogP contribution in [0.5, 0.6) is 23.0 Å². The van der Waals surface area contributed by atoms with Crippen LogP contribution in [0.4, 0.5) is 0 Å². The van der Waals surface area contributed by atoms with Gasteiger partial charge in [0.25, 0.3) is 0 Å². The number of rotatable bonds is 11. The lowest BCUT2D eigenvalue weighted by Gasteiger charge is -2.17. The van der Waals surface area contributed by atoms with Crippen molar-refractivity contribution in [2.75, 3.05) is 27.4 Å².